The van der Waals surface area contributed by atoms with E-state index in [-0.39, 0.29) is 5.82 Å². The van der Waals surface area contributed by atoms with Gasteiger partial charge in [0.15, 0.2) is 5.82 Å². The predicted molar refractivity (Wildman–Crippen MR) is 75.6 cm³/mol. The van der Waals surface area contributed by atoms with Gasteiger partial charge in [0, 0.05) is 5.56 Å². The molecule has 0 bridgehead atoms. The van der Waals surface area contributed by atoms with E-state index in [1.165, 1.54) is 11.6 Å². The summed E-state index contributed by atoms with van der Waals surface area (Å²) in [6, 6.07) is 13.1. The maximum atomic E-state index is 13.6. The van der Waals surface area contributed by atoms with Crippen LogP contribution in [0, 0.1) is 5.82 Å². The number of imidazole rings is 1. The molecule has 2 aromatic carbocycles. The third-order valence-corrected chi connectivity index (χ3v) is 3.31. The highest BCUT2D eigenvalue weighted by atomic mass is 19.1. The topological polar surface area (TPSA) is 28.7 Å². The van der Waals surface area contributed by atoms with Crippen LogP contribution in [0.2, 0.25) is 0 Å². The van der Waals surface area contributed by atoms with E-state index in [0.29, 0.717) is 17.3 Å². The highest BCUT2D eigenvalue weighted by Gasteiger charge is 2.08. The number of benzene rings is 2. The van der Waals surface area contributed by atoms with E-state index in [1.807, 2.05) is 18.2 Å². The first-order valence-corrected chi connectivity index (χ1v) is 6.39. The molecule has 0 amide bonds. The Morgan fingerprint density at radius 3 is 2.42 bits per heavy atom. The number of aromatic nitrogens is 2. The molecule has 3 aromatic rings. The van der Waals surface area contributed by atoms with Crippen molar-refractivity contribution in [2.24, 2.45) is 0 Å². The first kappa shape index (κ1) is 11.9. The number of fused-ring (bicyclic) bond motifs is 1. The second kappa shape index (κ2) is 4.50. The highest BCUT2D eigenvalue weighted by Crippen LogP contribution is 2.24. The van der Waals surface area contributed by atoms with Crippen molar-refractivity contribution in [2.75, 3.05) is 0 Å². The van der Waals surface area contributed by atoms with E-state index >= 15 is 0 Å². The molecule has 0 atom stereocenters. The van der Waals surface area contributed by atoms with Gasteiger partial charge in [-0.05, 0) is 23.6 Å². The molecule has 0 aliphatic rings. The zero-order valence-corrected chi connectivity index (χ0v) is 10.9. The van der Waals surface area contributed by atoms with Gasteiger partial charge in [-0.1, -0.05) is 44.2 Å². The lowest BCUT2D eigenvalue weighted by molar-refractivity contribution is 0.637. The van der Waals surface area contributed by atoms with Crippen LogP contribution in [0.5, 0.6) is 0 Å². The van der Waals surface area contributed by atoms with Crippen molar-refractivity contribution < 1.29 is 4.39 Å². The summed E-state index contributed by atoms with van der Waals surface area (Å²) in [4.78, 5) is 7.48. The fourth-order valence-electron chi connectivity index (χ4n) is 2.16. The number of nitrogens with zero attached hydrogens (tertiary/aromatic N) is 1. The predicted octanol–water partition coefficient (Wildman–Crippen LogP) is 4.49. The zero-order chi connectivity index (χ0) is 13.4. The summed E-state index contributed by atoms with van der Waals surface area (Å²) < 4.78 is 13.6. The fourth-order valence-corrected chi connectivity index (χ4v) is 2.16. The molecular weight excluding hydrogens is 239 g/mol. The molecule has 3 heteroatoms. The minimum Gasteiger partial charge on any atom is -0.338 e. The maximum absolute atomic E-state index is 13.6. The van der Waals surface area contributed by atoms with Crippen LogP contribution >= 0.6 is 0 Å². The van der Waals surface area contributed by atoms with Gasteiger partial charge < -0.3 is 4.98 Å². The second-order valence-electron chi connectivity index (χ2n) is 5.00. The highest BCUT2D eigenvalue weighted by molar-refractivity contribution is 5.79. The normalized spacial score (nSPS) is 11.4. The maximum Gasteiger partial charge on any atom is 0.151 e. The van der Waals surface area contributed by atoms with Crippen molar-refractivity contribution in [3.05, 3.63) is 53.8 Å². The lowest BCUT2D eigenvalue weighted by Crippen LogP contribution is -1.87. The van der Waals surface area contributed by atoms with Crippen LogP contribution in [0.1, 0.15) is 25.3 Å². The third kappa shape index (κ3) is 2.12. The lowest BCUT2D eigenvalue weighted by atomic mass is 10.0. The quantitative estimate of drug-likeness (QED) is 0.717. The van der Waals surface area contributed by atoms with Crippen LogP contribution in [0.4, 0.5) is 4.39 Å². The third-order valence-electron chi connectivity index (χ3n) is 3.31. The minimum atomic E-state index is -0.293. The van der Waals surface area contributed by atoms with E-state index in [9.17, 15) is 4.39 Å². The number of hydrogen-bond donors (Lipinski definition) is 1. The van der Waals surface area contributed by atoms with E-state index in [0.717, 1.165) is 11.1 Å². The molecule has 3 rings (SSSR count). The van der Waals surface area contributed by atoms with Gasteiger partial charge in [0.2, 0.25) is 0 Å². The molecule has 0 aliphatic heterocycles. The van der Waals surface area contributed by atoms with Gasteiger partial charge in [-0.15, -0.1) is 0 Å². The Morgan fingerprint density at radius 1 is 1.05 bits per heavy atom. The summed E-state index contributed by atoms with van der Waals surface area (Å²) in [6.07, 6.45) is 0. The Labute approximate surface area is 111 Å². The largest absolute Gasteiger partial charge is 0.338 e. The summed E-state index contributed by atoms with van der Waals surface area (Å²) in [6.45, 7) is 4.32. The molecule has 2 nitrogen and oxygen atoms in total. The molecule has 1 N–H and O–H groups in total. The van der Waals surface area contributed by atoms with Crippen LogP contribution in [0.3, 0.4) is 0 Å². The van der Waals surface area contributed by atoms with Crippen molar-refractivity contribution in [1.29, 1.82) is 0 Å². The number of halogens is 1. The number of nitrogens with one attached hydrogen (secondary N) is 1. The molecule has 0 spiro atoms. The summed E-state index contributed by atoms with van der Waals surface area (Å²) in [7, 11) is 0. The summed E-state index contributed by atoms with van der Waals surface area (Å²) in [5.41, 5.74) is 3.37. The van der Waals surface area contributed by atoms with Crippen molar-refractivity contribution in [3.63, 3.8) is 0 Å². The van der Waals surface area contributed by atoms with Gasteiger partial charge in [0.25, 0.3) is 0 Å². The van der Waals surface area contributed by atoms with Gasteiger partial charge in [-0.3, -0.25) is 0 Å². The number of H-pyrrole nitrogens is 1. The molecule has 19 heavy (non-hydrogen) atoms. The Balaban J connectivity index is 2.06. The number of para-hydroxylation sites is 1. The van der Waals surface area contributed by atoms with Crippen LogP contribution in [-0.2, 0) is 0 Å². The van der Waals surface area contributed by atoms with Crippen LogP contribution in [-0.4, -0.2) is 9.97 Å². The molecule has 0 saturated carbocycles. The Hall–Kier alpha value is -2.16. The average molecular weight is 254 g/mol. The standard InChI is InChI=1S/C16H15FN2/c1-10(2)11-6-8-12(9-7-11)16-18-14-5-3-4-13(17)15(14)19-16/h3-10H,1-2H3,(H,18,19). The van der Waals surface area contributed by atoms with Gasteiger partial charge in [-0.2, -0.15) is 0 Å². The minimum absolute atomic E-state index is 0.293. The number of rotatable bonds is 2. The Bertz CT molecular complexity index is 711. The number of aromatic amines is 1. The SMILES string of the molecule is CC(C)c1ccc(-c2nc3c(F)cccc3[nH]2)cc1. The monoisotopic (exact) mass is 254 g/mol. The van der Waals surface area contributed by atoms with Crippen molar-refractivity contribution in [1.82, 2.24) is 9.97 Å². The first-order chi connectivity index (χ1) is 9.15. The van der Waals surface area contributed by atoms with Crippen molar-refractivity contribution in [3.8, 4) is 11.4 Å². The fraction of sp³-hybridized carbons (Fsp3) is 0.188. The molecule has 0 saturated heterocycles. The summed E-state index contributed by atoms with van der Waals surface area (Å²) >= 11 is 0. The second-order valence-corrected chi connectivity index (χ2v) is 5.00. The zero-order valence-electron chi connectivity index (χ0n) is 10.9. The Kier molecular flexibility index (Phi) is 2.82. The first-order valence-electron chi connectivity index (χ1n) is 6.39. The number of hydrogen-bond acceptors (Lipinski definition) is 1. The molecule has 0 unspecified atom stereocenters. The lowest BCUT2D eigenvalue weighted by Gasteiger charge is -2.05. The molecule has 0 fully saturated rings. The summed E-state index contributed by atoms with van der Waals surface area (Å²) in [5.74, 6) is 0.913. The van der Waals surface area contributed by atoms with Gasteiger partial charge in [0.1, 0.15) is 11.3 Å². The molecule has 0 aliphatic carbocycles. The van der Waals surface area contributed by atoms with E-state index in [2.05, 4.69) is 35.9 Å². The molecular formula is C16H15FN2. The van der Waals surface area contributed by atoms with Crippen LogP contribution in [0.25, 0.3) is 22.4 Å². The van der Waals surface area contributed by atoms with E-state index in [4.69, 9.17) is 0 Å². The van der Waals surface area contributed by atoms with Crippen molar-refractivity contribution in [2.45, 2.75) is 19.8 Å². The summed E-state index contributed by atoms with van der Waals surface area (Å²) in [5, 5.41) is 0. The van der Waals surface area contributed by atoms with Gasteiger partial charge >= 0.3 is 0 Å². The smallest absolute Gasteiger partial charge is 0.151 e. The van der Waals surface area contributed by atoms with Crippen LogP contribution in [0.15, 0.2) is 42.5 Å². The van der Waals surface area contributed by atoms with Crippen molar-refractivity contribution >= 4 is 11.0 Å². The average Bonchev–Trinajstić information content (AvgIpc) is 2.84. The van der Waals surface area contributed by atoms with E-state index in [1.54, 1.807) is 6.07 Å². The van der Waals surface area contributed by atoms with Gasteiger partial charge in [-0.25, -0.2) is 9.37 Å². The van der Waals surface area contributed by atoms with Crippen LogP contribution < -0.4 is 0 Å². The van der Waals surface area contributed by atoms with Gasteiger partial charge in [0.05, 0.1) is 5.52 Å². The Morgan fingerprint density at radius 2 is 1.79 bits per heavy atom. The molecule has 1 heterocycles. The molecule has 1 aromatic heterocycles. The van der Waals surface area contributed by atoms with E-state index < -0.39 is 0 Å². The molecule has 0 radical (unpaired) electrons. The molecule has 96 valence electrons.